The van der Waals surface area contributed by atoms with Crippen molar-refractivity contribution in [1.29, 1.82) is 0 Å². The molecule has 0 aliphatic carbocycles. The Morgan fingerprint density at radius 2 is 2.17 bits per heavy atom. The van der Waals surface area contributed by atoms with Gasteiger partial charge in [-0.1, -0.05) is 6.07 Å². The third-order valence-electron chi connectivity index (χ3n) is 2.69. The molecule has 0 radical (unpaired) electrons. The number of hydrogen-bond acceptors (Lipinski definition) is 3. The van der Waals surface area contributed by atoms with E-state index in [4.69, 9.17) is 9.47 Å². The lowest BCUT2D eigenvalue weighted by atomic mass is 10.2. The van der Waals surface area contributed by atoms with Crippen molar-refractivity contribution in [2.75, 3.05) is 25.3 Å². The van der Waals surface area contributed by atoms with Crippen LogP contribution in [0.2, 0.25) is 0 Å². The van der Waals surface area contributed by atoms with Crippen LogP contribution in [0.3, 0.4) is 0 Å². The summed E-state index contributed by atoms with van der Waals surface area (Å²) in [6.07, 6.45) is -3.59. The van der Waals surface area contributed by atoms with Crippen LogP contribution in [0.4, 0.5) is 18.9 Å². The molecule has 0 amide bonds. The zero-order chi connectivity index (χ0) is 13.0. The Hall–Kier alpha value is -1.27. The topological polar surface area (TPSA) is 30.5 Å². The van der Waals surface area contributed by atoms with Crippen LogP contribution in [0.1, 0.15) is 12.0 Å². The molecule has 1 fully saturated rings. The van der Waals surface area contributed by atoms with E-state index in [0.29, 0.717) is 18.8 Å². The average Bonchev–Trinajstić information content (AvgIpc) is 2.37. The van der Waals surface area contributed by atoms with Crippen LogP contribution in [0.15, 0.2) is 24.3 Å². The first-order valence-electron chi connectivity index (χ1n) is 5.66. The smallest absolute Gasteiger partial charge is 0.382 e. The van der Waals surface area contributed by atoms with E-state index in [0.717, 1.165) is 18.6 Å². The van der Waals surface area contributed by atoms with Gasteiger partial charge in [0.05, 0.1) is 18.3 Å². The van der Waals surface area contributed by atoms with E-state index in [1.807, 2.05) is 0 Å². The van der Waals surface area contributed by atoms with Crippen molar-refractivity contribution in [3.8, 4) is 0 Å². The van der Waals surface area contributed by atoms with Gasteiger partial charge in [-0.05, 0) is 24.6 Å². The predicted molar refractivity (Wildman–Crippen MR) is 60.2 cm³/mol. The summed E-state index contributed by atoms with van der Waals surface area (Å²) in [5, 5.41) is 2.95. The molecule has 1 aliphatic rings. The summed E-state index contributed by atoms with van der Waals surface area (Å²) < 4.78 is 47.8. The molecule has 6 heteroatoms. The highest BCUT2D eigenvalue weighted by Crippen LogP contribution is 2.30. The lowest BCUT2D eigenvalue weighted by Crippen LogP contribution is -2.30. The number of rotatable bonds is 3. The third-order valence-corrected chi connectivity index (χ3v) is 2.69. The van der Waals surface area contributed by atoms with E-state index in [9.17, 15) is 13.2 Å². The lowest BCUT2D eigenvalue weighted by molar-refractivity contribution is -0.137. The maximum absolute atomic E-state index is 12.5. The van der Waals surface area contributed by atoms with Gasteiger partial charge in [0.2, 0.25) is 0 Å². The van der Waals surface area contributed by atoms with Crippen molar-refractivity contribution >= 4 is 5.69 Å². The molecular formula is C12H14F3NO2. The fraction of sp³-hybridized carbons (Fsp3) is 0.500. The minimum Gasteiger partial charge on any atom is -0.382 e. The molecule has 1 aliphatic heterocycles. The van der Waals surface area contributed by atoms with Crippen molar-refractivity contribution in [3.05, 3.63) is 29.8 Å². The van der Waals surface area contributed by atoms with Crippen LogP contribution < -0.4 is 5.32 Å². The number of benzene rings is 1. The Bertz CT molecular complexity index is 389. The second-order valence-electron chi connectivity index (χ2n) is 4.06. The first-order chi connectivity index (χ1) is 8.55. The first kappa shape index (κ1) is 13.2. The van der Waals surface area contributed by atoms with Crippen molar-refractivity contribution in [1.82, 2.24) is 0 Å². The monoisotopic (exact) mass is 261 g/mol. The van der Waals surface area contributed by atoms with E-state index in [2.05, 4.69) is 5.32 Å². The molecule has 3 nitrogen and oxygen atoms in total. The van der Waals surface area contributed by atoms with Gasteiger partial charge >= 0.3 is 6.18 Å². The molecule has 0 bridgehead atoms. The molecule has 1 unspecified atom stereocenters. The maximum atomic E-state index is 12.5. The highest BCUT2D eigenvalue weighted by Gasteiger charge is 2.30. The number of nitrogens with one attached hydrogen (secondary N) is 1. The number of halogens is 3. The van der Waals surface area contributed by atoms with E-state index in [1.165, 1.54) is 6.07 Å². The Labute approximate surface area is 103 Å². The molecule has 1 heterocycles. The normalized spacial score (nSPS) is 20.7. The van der Waals surface area contributed by atoms with Gasteiger partial charge in [-0.3, -0.25) is 0 Å². The molecule has 18 heavy (non-hydrogen) atoms. The van der Waals surface area contributed by atoms with Gasteiger partial charge in [-0.25, -0.2) is 0 Å². The van der Waals surface area contributed by atoms with Crippen molar-refractivity contribution < 1.29 is 22.6 Å². The molecule has 1 saturated heterocycles. The molecule has 0 saturated carbocycles. The quantitative estimate of drug-likeness (QED) is 0.907. The van der Waals surface area contributed by atoms with Gasteiger partial charge in [0.1, 0.15) is 6.79 Å². The van der Waals surface area contributed by atoms with Gasteiger partial charge in [-0.15, -0.1) is 0 Å². The van der Waals surface area contributed by atoms with E-state index in [1.54, 1.807) is 6.07 Å². The Balaban J connectivity index is 1.92. The summed E-state index contributed by atoms with van der Waals surface area (Å²) in [5.74, 6) is 0. The van der Waals surface area contributed by atoms with Crippen molar-refractivity contribution in [3.63, 3.8) is 0 Å². The third kappa shape index (κ3) is 3.61. The number of anilines is 1. The fourth-order valence-corrected chi connectivity index (χ4v) is 1.70. The number of alkyl halides is 3. The van der Waals surface area contributed by atoms with Crippen LogP contribution >= 0.6 is 0 Å². The maximum Gasteiger partial charge on any atom is 0.416 e. The molecule has 1 aromatic rings. The predicted octanol–water partition coefficient (Wildman–Crippen LogP) is 2.88. The fourth-order valence-electron chi connectivity index (χ4n) is 1.70. The van der Waals surface area contributed by atoms with Crippen LogP contribution in [-0.4, -0.2) is 26.0 Å². The molecule has 0 spiro atoms. The summed E-state index contributed by atoms with van der Waals surface area (Å²) >= 11 is 0. The second kappa shape index (κ2) is 5.58. The van der Waals surface area contributed by atoms with Crippen LogP contribution in [-0.2, 0) is 15.7 Å². The van der Waals surface area contributed by atoms with Gasteiger partial charge in [0.15, 0.2) is 0 Å². The van der Waals surface area contributed by atoms with Gasteiger partial charge in [-0.2, -0.15) is 13.2 Å². The van der Waals surface area contributed by atoms with E-state index in [-0.39, 0.29) is 12.9 Å². The summed E-state index contributed by atoms with van der Waals surface area (Å²) in [4.78, 5) is 0. The molecule has 1 N–H and O–H groups in total. The largest absolute Gasteiger partial charge is 0.416 e. The molecule has 1 aromatic carbocycles. The van der Waals surface area contributed by atoms with E-state index >= 15 is 0 Å². The molecule has 100 valence electrons. The highest BCUT2D eigenvalue weighted by molar-refractivity contribution is 5.46. The van der Waals surface area contributed by atoms with Gasteiger partial charge in [0, 0.05) is 12.2 Å². The average molecular weight is 261 g/mol. The number of ether oxygens (including phenoxy) is 2. The van der Waals surface area contributed by atoms with Crippen molar-refractivity contribution in [2.24, 2.45) is 0 Å². The number of hydrogen-bond donors (Lipinski definition) is 1. The lowest BCUT2D eigenvalue weighted by Gasteiger charge is -2.23. The van der Waals surface area contributed by atoms with Crippen LogP contribution in [0, 0.1) is 0 Å². The van der Waals surface area contributed by atoms with E-state index < -0.39 is 11.7 Å². The van der Waals surface area contributed by atoms with Gasteiger partial charge < -0.3 is 14.8 Å². The molecule has 0 aromatic heterocycles. The SMILES string of the molecule is FC(F)(F)c1cccc(NCC2CCOCO2)c1. The zero-order valence-electron chi connectivity index (χ0n) is 9.67. The minimum atomic E-state index is -4.31. The highest BCUT2D eigenvalue weighted by atomic mass is 19.4. The van der Waals surface area contributed by atoms with Crippen molar-refractivity contribution in [2.45, 2.75) is 18.7 Å². The molecule has 1 atom stereocenters. The van der Waals surface area contributed by atoms with Crippen LogP contribution in [0.5, 0.6) is 0 Å². The summed E-state index contributed by atoms with van der Waals surface area (Å²) in [5.41, 5.74) is -0.208. The zero-order valence-corrected chi connectivity index (χ0v) is 9.67. The summed E-state index contributed by atoms with van der Waals surface area (Å²) in [6, 6.07) is 5.14. The standard InChI is InChI=1S/C12H14F3NO2/c13-12(14,15)9-2-1-3-10(6-9)16-7-11-4-5-17-8-18-11/h1-3,6,11,16H,4-5,7-8H2. The Morgan fingerprint density at radius 3 is 2.83 bits per heavy atom. The van der Waals surface area contributed by atoms with Gasteiger partial charge in [0.25, 0.3) is 0 Å². The molecule has 2 rings (SSSR count). The minimum absolute atomic E-state index is 0.0201. The Morgan fingerprint density at radius 1 is 1.33 bits per heavy atom. The van der Waals surface area contributed by atoms with Crippen LogP contribution in [0.25, 0.3) is 0 Å². The molecular weight excluding hydrogens is 247 g/mol. The Kier molecular flexibility index (Phi) is 4.08. The summed E-state index contributed by atoms with van der Waals surface area (Å²) in [6.45, 7) is 1.34. The second-order valence-corrected chi connectivity index (χ2v) is 4.06. The first-order valence-corrected chi connectivity index (χ1v) is 5.66. The summed E-state index contributed by atoms with van der Waals surface area (Å²) in [7, 11) is 0.